The van der Waals surface area contributed by atoms with Crippen molar-refractivity contribution in [1.82, 2.24) is 0 Å². The molecule has 112 valence electrons. The van der Waals surface area contributed by atoms with Crippen molar-refractivity contribution in [3.63, 3.8) is 0 Å². The Balaban J connectivity index is 2.02. The number of ether oxygens (including phenoxy) is 1. The number of carbonyl (C=O) groups is 1. The van der Waals surface area contributed by atoms with Gasteiger partial charge in [-0.15, -0.1) is 0 Å². The zero-order chi connectivity index (χ0) is 15.8. The first kappa shape index (κ1) is 15.5. The van der Waals surface area contributed by atoms with Gasteiger partial charge in [-0.1, -0.05) is 18.2 Å². The van der Waals surface area contributed by atoms with Gasteiger partial charge in [0.25, 0.3) is 0 Å². The van der Waals surface area contributed by atoms with E-state index in [1.165, 1.54) is 6.08 Å². The molecule has 0 fully saturated rings. The molecule has 0 aromatic heterocycles. The summed E-state index contributed by atoms with van der Waals surface area (Å²) in [5, 5.41) is 10.3. The third-order valence-electron chi connectivity index (χ3n) is 2.86. The SMILES string of the molecule is CCOc1ccc(C=Nc2ccc(/C=C/C(=O)[O-])cc2)cc1. The lowest BCUT2D eigenvalue weighted by Crippen LogP contribution is -2.18. The Morgan fingerprint density at radius 3 is 2.32 bits per heavy atom. The highest BCUT2D eigenvalue weighted by Gasteiger charge is 1.93. The summed E-state index contributed by atoms with van der Waals surface area (Å²) in [6.07, 6.45) is 4.25. The fourth-order valence-electron chi connectivity index (χ4n) is 1.80. The average Bonchev–Trinajstić information content (AvgIpc) is 2.53. The molecular weight excluding hydrogens is 278 g/mol. The van der Waals surface area contributed by atoms with Crippen LogP contribution in [0.15, 0.2) is 59.6 Å². The molecular formula is C18H16NO3-. The van der Waals surface area contributed by atoms with Gasteiger partial charge in [-0.05, 0) is 60.5 Å². The number of aliphatic carboxylic acids is 1. The minimum Gasteiger partial charge on any atom is -0.545 e. The minimum absolute atomic E-state index is 0.645. The smallest absolute Gasteiger partial charge is 0.119 e. The Kier molecular flexibility index (Phi) is 5.49. The number of carboxylic acids is 1. The van der Waals surface area contributed by atoms with Crippen molar-refractivity contribution in [2.24, 2.45) is 4.99 Å². The first-order valence-electron chi connectivity index (χ1n) is 6.93. The molecule has 2 aromatic rings. The van der Waals surface area contributed by atoms with E-state index in [-0.39, 0.29) is 0 Å². The molecule has 22 heavy (non-hydrogen) atoms. The predicted molar refractivity (Wildman–Crippen MR) is 85.3 cm³/mol. The molecule has 0 aliphatic heterocycles. The lowest BCUT2D eigenvalue weighted by Gasteiger charge is -2.02. The molecule has 0 heterocycles. The lowest BCUT2D eigenvalue weighted by atomic mass is 10.2. The molecule has 4 heteroatoms. The topological polar surface area (TPSA) is 61.7 Å². The van der Waals surface area contributed by atoms with Crippen LogP contribution in [0.1, 0.15) is 18.1 Å². The number of nitrogens with zero attached hydrogens (tertiary/aromatic N) is 1. The summed E-state index contributed by atoms with van der Waals surface area (Å²) in [7, 11) is 0. The number of rotatable bonds is 6. The summed E-state index contributed by atoms with van der Waals surface area (Å²) in [5.74, 6) is -0.374. The quantitative estimate of drug-likeness (QED) is 0.607. The van der Waals surface area contributed by atoms with E-state index in [1.807, 2.05) is 43.3 Å². The first-order valence-corrected chi connectivity index (χ1v) is 6.93. The van der Waals surface area contributed by atoms with E-state index >= 15 is 0 Å². The maximum atomic E-state index is 10.3. The Morgan fingerprint density at radius 2 is 1.73 bits per heavy atom. The van der Waals surface area contributed by atoms with Crippen molar-refractivity contribution in [1.29, 1.82) is 0 Å². The summed E-state index contributed by atoms with van der Waals surface area (Å²) < 4.78 is 5.38. The maximum absolute atomic E-state index is 10.3. The third-order valence-corrected chi connectivity index (χ3v) is 2.86. The number of aliphatic imine (C=N–C) groups is 1. The molecule has 0 aliphatic rings. The standard InChI is InChI=1S/C18H17NO3/c1-2-22-17-10-5-15(6-11-17)13-19-16-8-3-14(4-9-16)7-12-18(20)21/h3-13H,2H2,1H3,(H,20,21)/p-1/b12-7+,19-13?. The molecule has 2 aromatic carbocycles. The van der Waals surface area contributed by atoms with E-state index in [0.29, 0.717) is 6.61 Å². The molecule has 0 spiro atoms. The second kappa shape index (κ2) is 7.78. The fourth-order valence-corrected chi connectivity index (χ4v) is 1.80. The van der Waals surface area contributed by atoms with Gasteiger partial charge in [-0.3, -0.25) is 4.99 Å². The van der Waals surface area contributed by atoms with Gasteiger partial charge in [0, 0.05) is 6.21 Å². The summed E-state index contributed by atoms with van der Waals surface area (Å²) in [4.78, 5) is 14.7. The van der Waals surface area contributed by atoms with Crippen LogP contribution in [0.25, 0.3) is 6.08 Å². The molecule has 0 saturated heterocycles. The van der Waals surface area contributed by atoms with Gasteiger partial charge >= 0.3 is 0 Å². The first-order chi connectivity index (χ1) is 10.7. The third kappa shape index (κ3) is 4.90. The number of hydrogen-bond acceptors (Lipinski definition) is 4. The van der Waals surface area contributed by atoms with Crippen LogP contribution in [0.3, 0.4) is 0 Å². The Labute approximate surface area is 129 Å². The molecule has 0 saturated carbocycles. The van der Waals surface area contributed by atoms with Gasteiger partial charge in [-0.2, -0.15) is 0 Å². The highest BCUT2D eigenvalue weighted by Crippen LogP contribution is 2.15. The summed E-state index contributed by atoms with van der Waals surface area (Å²) in [6, 6.07) is 14.9. The lowest BCUT2D eigenvalue weighted by molar-refractivity contribution is -0.297. The number of benzene rings is 2. The van der Waals surface area contributed by atoms with Gasteiger partial charge in [0.15, 0.2) is 0 Å². The van der Waals surface area contributed by atoms with Crippen LogP contribution in [0.2, 0.25) is 0 Å². The summed E-state index contributed by atoms with van der Waals surface area (Å²) in [5.41, 5.74) is 2.55. The molecule has 0 radical (unpaired) electrons. The summed E-state index contributed by atoms with van der Waals surface area (Å²) >= 11 is 0. The Bertz CT molecular complexity index is 670. The zero-order valence-electron chi connectivity index (χ0n) is 12.2. The summed E-state index contributed by atoms with van der Waals surface area (Å²) in [6.45, 7) is 2.59. The average molecular weight is 294 g/mol. The van der Waals surface area contributed by atoms with E-state index in [9.17, 15) is 9.90 Å². The van der Waals surface area contributed by atoms with Crippen LogP contribution in [0, 0.1) is 0 Å². The van der Waals surface area contributed by atoms with Crippen LogP contribution in [-0.2, 0) is 4.79 Å². The number of hydrogen-bond donors (Lipinski definition) is 0. The second-order valence-electron chi connectivity index (χ2n) is 4.50. The fraction of sp³-hybridized carbons (Fsp3) is 0.111. The van der Waals surface area contributed by atoms with Crippen molar-refractivity contribution in [3.05, 3.63) is 65.7 Å². The van der Waals surface area contributed by atoms with Gasteiger partial charge in [-0.25, -0.2) is 0 Å². The van der Waals surface area contributed by atoms with Crippen molar-refractivity contribution in [3.8, 4) is 5.75 Å². The van der Waals surface area contributed by atoms with Crippen LogP contribution >= 0.6 is 0 Å². The molecule has 0 atom stereocenters. The minimum atomic E-state index is -1.21. The van der Waals surface area contributed by atoms with Gasteiger partial charge < -0.3 is 14.6 Å². The van der Waals surface area contributed by atoms with Crippen LogP contribution < -0.4 is 9.84 Å². The van der Waals surface area contributed by atoms with Gasteiger partial charge in [0.2, 0.25) is 0 Å². The molecule has 0 aliphatic carbocycles. The van der Waals surface area contributed by atoms with E-state index in [0.717, 1.165) is 28.6 Å². The largest absolute Gasteiger partial charge is 0.545 e. The van der Waals surface area contributed by atoms with Crippen molar-refractivity contribution < 1.29 is 14.6 Å². The van der Waals surface area contributed by atoms with E-state index < -0.39 is 5.97 Å². The van der Waals surface area contributed by atoms with Crippen LogP contribution in [-0.4, -0.2) is 18.8 Å². The Morgan fingerprint density at radius 1 is 1.09 bits per heavy atom. The van der Waals surface area contributed by atoms with Crippen LogP contribution in [0.5, 0.6) is 5.75 Å². The number of carbonyl (C=O) groups excluding carboxylic acids is 1. The van der Waals surface area contributed by atoms with Crippen molar-refractivity contribution in [2.45, 2.75) is 6.92 Å². The molecule has 0 N–H and O–H groups in total. The van der Waals surface area contributed by atoms with Crippen LogP contribution in [0.4, 0.5) is 5.69 Å². The second-order valence-corrected chi connectivity index (χ2v) is 4.50. The van der Waals surface area contributed by atoms with E-state index in [1.54, 1.807) is 18.3 Å². The van der Waals surface area contributed by atoms with Gasteiger partial charge in [0.05, 0.1) is 18.3 Å². The molecule has 2 rings (SSSR count). The van der Waals surface area contributed by atoms with E-state index in [2.05, 4.69) is 4.99 Å². The molecule has 4 nitrogen and oxygen atoms in total. The predicted octanol–water partition coefficient (Wildman–Crippen LogP) is 2.60. The Hall–Kier alpha value is -2.88. The molecule has 0 unspecified atom stereocenters. The molecule has 0 bridgehead atoms. The van der Waals surface area contributed by atoms with E-state index in [4.69, 9.17) is 4.74 Å². The monoisotopic (exact) mass is 294 g/mol. The zero-order valence-corrected chi connectivity index (χ0v) is 12.2. The highest BCUT2D eigenvalue weighted by molar-refractivity contribution is 5.84. The highest BCUT2D eigenvalue weighted by atomic mass is 16.5. The normalized spacial score (nSPS) is 11.1. The van der Waals surface area contributed by atoms with Gasteiger partial charge in [0.1, 0.15) is 5.75 Å². The van der Waals surface area contributed by atoms with Crippen molar-refractivity contribution >= 4 is 23.9 Å². The van der Waals surface area contributed by atoms with Crippen molar-refractivity contribution in [2.75, 3.05) is 6.61 Å². The maximum Gasteiger partial charge on any atom is 0.119 e. The number of carboxylic acid groups (broad SMARTS) is 1. The molecule has 0 amide bonds.